The predicted molar refractivity (Wildman–Crippen MR) is 97.6 cm³/mol. The molecule has 8 heteroatoms. The Kier molecular flexibility index (Phi) is 5.18. The van der Waals surface area contributed by atoms with Gasteiger partial charge < -0.3 is 14.9 Å². The molecule has 3 rings (SSSR count). The summed E-state index contributed by atoms with van der Waals surface area (Å²) in [4.78, 5) is 20.4. The number of hydrogen-bond donors (Lipinski definition) is 2. The molecule has 2 heterocycles. The summed E-state index contributed by atoms with van der Waals surface area (Å²) >= 11 is 5.87. The van der Waals surface area contributed by atoms with E-state index in [0.29, 0.717) is 29.4 Å². The summed E-state index contributed by atoms with van der Waals surface area (Å²) in [5, 5.41) is 17.0. The largest absolute Gasteiger partial charge is 0.477 e. The lowest BCUT2D eigenvalue weighted by molar-refractivity contribution is 0.0698. The lowest BCUT2D eigenvalue weighted by Crippen LogP contribution is -2.11. The Morgan fingerprint density at radius 1 is 1.19 bits per heavy atom. The number of nitrogens with one attached hydrogen (secondary N) is 1. The molecule has 2 N–H and O–H groups in total. The molecule has 0 unspecified atom stereocenters. The first kappa shape index (κ1) is 17.9. The number of carboxylic acid groups (broad SMARTS) is 1. The van der Waals surface area contributed by atoms with Gasteiger partial charge in [0, 0.05) is 34.9 Å². The fraction of sp³-hybridized carbons (Fsp3) is 0.222. The highest BCUT2D eigenvalue weighted by atomic mass is 35.5. The van der Waals surface area contributed by atoms with E-state index in [0.717, 1.165) is 11.4 Å². The summed E-state index contributed by atoms with van der Waals surface area (Å²) in [5.74, 6) is -0.0826. The molecule has 2 aromatic heterocycles. The fourth-order valence-corrected chi connectivity index (χ4v) is 2.74. The average Bonchev–Trinajstić information content (AvgIpc) is 2.99. The number of hydrogen-bond acceptors (Lipinski definition) is 6. The van der Waals surface area contributed by atoms with Crippen LogP contribution in [0, 0.1) is 13.8 Å². The molecule has 0 amide bonds. The van der Waals surface area contributed by atoms with Crippen molar-refractivity contribution in [2.45, 2.75) is 20.3 Å². The molecule has 0 fully saturated rings. The Bertz CT molecular complexity index is 918. The minimum Gasteiger partial charge on any atom is -0.477 e. The Morgan fingerprint density at radius 2 is 1.85 bits per heavy atom. The first-order chi connectivity index (χ1) is 12.4. The van der Waals surface area contributed by atoms with Crippen molar-refractivity contribution in [2.24, 2.45) is 0 Å². The topological polar surface area (TPSA) is 101 Å². The summed E-state index contributed by atoms with van der Waals surface area (Å²) in [6.07, 6.45) is 0.532. The van der Waals surface area contributed by atoms with Crippen molar-refractivity contribution in [3.05, 3.63) is 58.1 Å². The van der Waals surface area contributed by atoms with Gasteiger partial charge in [-0.3, -0.25) is 0 Å². The molecule has 3 aromatic rings. The summed E-state index contributed by atoms with van der Waals surface area (Å²) in [6.45, 7) is 4.24. The number of anilines is 1. The SMILES string of the molecule is Cc1cc(C)nc(CCNc2noc(-c3ccc(Cl)cc3)c2C(=O)O)n1. The maximum absolute atomic E-state index is 11.7. The normalized spacial score (nSPS) is 10.7. The number of aryl methyl sites for hydroxylation is 2. The van der Waals surface area contributed by atoms with Crippen molar-refractivity contribution < 1.29 is 14.4 Å². The molecule has 1 aromatic carbocycles. The Hall–Kier alpha value is -2.93. The smallest absolute Gasteiger partial charge is 0.343 e. The van der Waals surface area contributed by atoms with Crippen molar-refractivity contribution in [3.8, 4) is 11.3 Å². The van der Waals surface area contributed by atoms with Crippen LogP contribution in [0.15, 0.2) is 34.9 Å². The van der Waals surface area contributed by atoms with Crippen molar-refractivity contribution in [1.82, 2.24) is 15.1 Å². The average molecular weight is 373 g/mol. The third-order valence-corrected chi connectivity index (χ3v) is 3.93. The molecular weight excluding hydrogens is 356 g/mol. The molecule has 26 heavy (non-hydrogen) atoms. The van der Waals surface area contributed by atoms with Crippen molar-refractivity contribution in [3.63, 3.8) is 0 Å². The maximum atomic E-state index is 11.7. The van der Waals surface area contributed by atoms with Crippen molar-refractivity contribution in [2.75, 3.05) is 11.9 Å². The highest BCUT2D eigenvalue weighted by molar-refractivity contribution is 6.30. The lowest BCUT2D eigenvalue weighted by Gasteiger charge is -2.05. The highest BCUT2D eigenvalue weighted by Crippen LogP contribution is 2.30. The Balaban J connectivity index is 1.78. The van der Waals surface area contributed by atoms with E-state index < -0.39 is 5.97 Å². The van der Waals surface area contributed by atoms with E-state index in [4.69, 9.17) is 16.1 Å². The number of rotatable bonds is 6. The van der Waals surface area contributed by atoms with Gasteiger partial charge in [0.2, 0.25) is 0 Å². The second-order valence-corrected chi connectivity index (χ2v) is 6.23. The van der Waals surface area contributed by atoms with Gasteiger partial charge >= 0.3 is 5.97 Å². The molecule has 7 nitrogen and oxygen atoms in total. The molecule has 0 radical (unpaired) electrons. The second kappa shape index (κ2) is 7.53. The molecule has 0 saturated carbocycles. The van der Waals surface area contributed by atoms with Crippen LogP contribution in [0.3, 0.4) is 0 Å². The molecule has 0 aliphatic heterocycles. The minimum atomic E-state index is -1.12. The van der Waals surface area contributed by atoms with E-state index in [1.165, 1.54) is 0 Å². The van der Waals surface area contributed by atoms with Gasteiger partial charge in [0.25, 0.3) is 0 Å². The molecule has 134 valence electrons. The van der Waals surface area contributed by atoms with Crippen LogP contribution < -0.4 is 5.32 Å². The van der Waals surface area contributed by atoms with Gasteiger partial charge in [-0.25, -0.2) is 14.8 Å². The van der Waals surface area contributed by atoms with Gasteiger partial charge in [0.1, 0.15) is 5.82 Å². The zero-order valence-electron chi connectivity index (χ0n) is 14.3. The minimum absolute atomic E-state index is 0.0198. The van der Waals surface area contributed by atoms with E-state index in [1.807, 2.05) is 19.9 Å². The van der Waals surface area contributed by atoms with Crippen molar-refractivity contribution >= 4 is 23.4 Å². The number of aromatic carboxylic acids is 1. The van der Waals surface area contributed by atoms with Crippen LogP contribution in [0.4, 0.5) is 5.82 Å². The zero-order valence-corrected chi connectivity index (χ0v) is 15.0. The van der Waals surface area contributed by atoms with E-state index >= 15 is 0 Å². The maximum Gasteiger partial charge on any atom is 0.343 e. The van der Waals surface area contributed by atoms with Gasteiger partial charge in [-0.05, 0) is 44.2 Å². The summed E-state index contributed by atoms with van der Waals surface area (Å²) in [7, 11) is 0. The molecule has 0 bridgehead atoms. The zero-order chi connectivity index (χ0) is 18.7. The van der Waals surface area contributed by atoms with Crippen LogP contribution in [0.1, 0.15) is 27.6 Å². The van der Waals surface area contributed by atoms with E-state index in [-0.39, 0.29) is 17.1 Å². The molecule has 0 aliphatic carbocycles. The van der Waals surface area contributed by atoms with Crippen LogP contribution in [-0.2, 0) is 6.42 Å². The first-order valence-corrected chi connectivity index (χ1v) is 8.36. The predicted octanol–water partition coefficient (Wildman–Crippen LogP) is 3.75. The summed E-state index contributed by atoms with van der Waals surface area (Å²) in [6, 6.07) is 8.59. The number of nitrogens with zero attached hydrogens (tertiary/aromatic N) is 3. The summed E-state index contributed by atoms with van der Waals surface area (Å²) in [5.41, 5.74) is 2.36. The molecular formula is C18H17ClN4O3. The van der Waals surface area contributed by atoms with Gasteiger partial charge in [-0.1, -0.05) is 16.8 Å². The molecule has 0 aliphatic rings. The van der Waals surface area contributed by atoms with Gasteiger partial charge in [0.05, 0.1) is 0 Å². The van der Waals surface area contributed by atoms with Crippen molar-refractivity contribution in [1.29, 1.82) is 0 Å². The number of carbonyl (C=O) groups is 1. The third kappa shape index (κ3) is 4.00. The Labute approximate surface area is 155 Å². The molecule has 0 atom stereocenters. The number of benzene rings is 1. The van der Waals surface area contributed by atoms with Crippen LogP contribution in [0.5, 0.6) is 0 Å². The monoisotopic (exact) mass is 372 g/mol. The quantitative estimate of drug-likeness (QED) is 0.679. The van der Waals surface area contributed by atoms with E-state index in [9.17, 15) is 9.90 Å². The molecule has 0 spiro atoms. The number of halogens is 1. The van der Waals surface area contributed by atoms with Crippen LogP contribution in [0.2, 0.25) is 5.02 Å². The van der Waals surface area contributed by atoms with E-state index in [1.54, 1.807) is 24.3 Å². The number of carboxylic acids is 1. The van der Waals surface area contributed by atoms with Crippen LogP contribution >= 0.6 is 11.6 Å². The third-order valence-electron chi connectivity index (χ3n) is 3.68. The molecule has 0 saturated heterocycles. The van der Waals surface area contributed by atoms with Gasteiger partial charge in [0.15, 0.2) is 17.1 Å². The second-order valence-electron chi connectivity index (χ2n) is 5.79. The number of aromatic nitrogens is 3. The summed E-state index contributed by atoms with van der Waals surface area (Å²) < 4.78 is 5.26. The highest BCUT2D eigenvalue weighted by Gasteiger charge is 2.23. The lowest BCUT2D eigenvalue weighted by atomic mass is 10.1. The first-order valence-electron chi connectivity index (χ1n) is 7.98. The van der Waals surface area contributed by atoms with Crippen LogP contribution in [0.25, 0.3) is 11.3 Å². The van der Waals surface area contributed by atoms with Gasteiger partial charge in [-0.15, -0.1) is 0 Å². The van der Waals surface area contributed by atoms with Gasteiger partial charge in [-0.2, -0.15) is 0 Å². The van der Waals surface area contributed by atoms with E-state index in [2.05, 4.69) is 20.4 Å². The van der Waals surface area contributed by atoms with Crippen LogP contribution in [-0.4, -0.2) is 32.7 Å². The standard InChI is InChI=1S/C18H17ClN4O3/c1-10-9-11(2)22-14(21-10)7-8-20-17-15(18(24)25)16(26-23-17)12-3-5-13(19)6-4-12/h3-6,9H,7-8H2,1-2H3,(H,20,23)(H,24,25). The Morgan fingerprint density at radius 3 is 2.46 bits per heavy atom. The fourth-order valence-electron chi connectivity index (χ4n) is 2.61.